The molecule has 1 amide bonds. The van der Waals surface area contributed by atoms with E-state index in [0.29, 0.717) is 19.2 Å². The number of amides is 1. The molecule has 2 rings (SSSR count). The quantitative estimate of drug-likeness (QED) is 0.836. The first kappa shape index (κ1) is 16.7. The fraction of sp³-hybridized carbons (Fsp3) is 0.500. The lowest BCUT2D eigenvalue weighted by Crippen LogP contribution is -2.55. The number of hydrogen-bond donors (Lipinski definition) is 2. The van der Waals surface area contributed by atoms with Crippen molar-refractivity contribution in [2.75, 3.05) is 13.2 Å². The molecule has 2 N–H and O–H groups in total. The van der Waals surface area contributed by atoms with E-state index in [0.717, 1.165) is 12.1 Å². The van der Waals surface area contributed by atoms with E-state index in [1.165, 1.54) is 0 Å². The standard InChI is InChI=1S/C14H16F4N2O2/c1-8-12(19-4-5-22-8)13(21)20-7-9-2-3-10(15)6-11(9)14(16,17)18/h2-3,6,8,12,19H,4-5,7H2,1H3,(H,20,21)/t8-,12+/m1/s1. The molecule has 22 heavy (non-hydrogen) atoms. The number of carbonyl (C=O) groups excluding carboxylic acids is 1. The molecule has 1 aromatic carbocycles. The average molecular weight is 320 g/mol. The van der Waals surface area contributed by atoms with E-state index in [1.54, 1.807) is 6.92 Å². The van der Waals surface area contributed by atoms with E-state index < -0.39 is 29.5 Å². The van der Waals surface area contributed by atoms with Gasteiger partial charge in [-0.25, -0.2) is 4.39 Å². The summed E-state index contributed by atoms with van der Waals surface area (Å²) in [4.78, 5) is 12.0. The summed E-state index contributed by atoms with van der Waals surface area (Å²) < 4.78 is 56.9. The van der Waals surface area contributed by atoms with Crippen LogP contribution in [0.25, 0.3) is 0 Å². The molecule has 2 atom stereocenters. The van der Waals surface area contributed by atoms with Crippen molar-refractivity contribution < 1.29 is 27.1 Å². The minimum Gasteiger partial charge on any atom is -0.375 e. The van der Waals surface area contributed by atoms with Gasteiger partial charge in [0.05, 0.1) is 18.3 Å². The Hall–Kier alpha value is -1.67. The van der Waals surface area contributed by atoms with Gasteiger partial charge in [0.2, 0.25) is 5.91 Å². The van der Waals surface area contributed by atoms with Crippen molar-refractivity contribution in [3.63, 3.8) is 0 Å². The Bertz CT molecular complexity index is 548. The summed E-state index contributed by atoms with van der Waals surface area (Å²) >= 11 is 0. The molecule has 4 nitrogen and oxygen atoms in total. The number of halogens is 4. The maximum Gasteiger partial charge on any atom is 0.416 e. The number of nitrogens with one attached hydrogen (secondary N) is 2. The van der Waals surface area contributed by atoms with Gasteiger partial charge in [0.25, 0.3) is 0 Å². The summed E-state index contributed by atoms with van der Waals surface area (Å²) in [5, 5.41) is 5.37. The van der Waals surface area contributed by atoms with Crippen molar-refractivity contribution >= 4 is 5.91 Å². The Morgan fingerprint density at radius 1 is 1.45 bits per heavy atom. The molecule has 0 radical (unpaired) electrons. The first-order valence-corrected chi connectivity index (χ1v) is 6.77. The predicted molar refractivity (Wildman–Crippen MR) is 70.5 cm³/mol. The van der Waals surface area contributed by atoms with Crippen molar-refractivity contribution in [1.29, 1.82) is 0 Å². The molecule has 122 valence electrons. The molecule has 1 heterocycles. The average Bonchev–Trinajstić information content (AvgIpc) is 2.45. The van der Waals surface area contributed by atoms with Crippen molar-refractivity contribution in [2.24, 2.45) is 0 Å². The molecule has 0 spiro atoms. The van der Waals surface area contributed by atoms with Gasteiger partial charge in [-0.1, -0.05) is 6.07 Å². The highest BCUT2D eigenvalue weighted by Gasteiger charge is 2.34. The van der Waals surface area contributed by atoms with E-state index in [9.17, 15) is 22.4 Å². The molecular weight excluding hydrogens is 304 g/mol. The van der Waals surface area contributed by atoms with Gasteiger partial charge < -0.3 is 15.4 Å². The van der Waals surface area contributed by atoms with E-state index in [1.807, 2.05) is 0 Å². The zero-order valence-corrected chi connectivity index (χ0v) is 11.8. The van der Waals surface area contributed by atoms with E-state index in [-0.39, 0.29) is 18.2 Å². The first-order valence-electron chi connectivity index (χ1n) is 6.77. The van der Waals surface area contributed by atoms with Crippen LogP contribution in [0.5, 0.6) is 0 Å². The topological polar surface area (TPSA) is 50.4 Å². The molecule has 0 aliphatic carbocycles. The van der Waals surface area contributed by atoms with Crippen LogP contribution in [-0.4, -0.2) is 31.2 Å². The van der Waals surface area contributed by atoms with Gasteiger partial charge in [-0.05, 0) is 24.6 Å². The van der Waals surface area contributed by atoms with Crippen molar-refractivity contribution in [2.45, 2.75) is 31.8 Å². The van der Waals surface area contributed by atoms with Gasteiger partial charge in [0, 0.05) is 13.1 Å². The number of carbonyl (C=O) groups is 1. The SMILES string of the molecule is C[C@H]1OCCN[C@@H]1C(=O)NCc1ccc(F)cc1C(F)(F)F. The number of rotatable bonds is 3. The van der Waals surface area contributed by atoms with Gasteiger partial charge >= 0.3 is 6.18 Å². The number of ether oxygens (including phenoxy) is 1. The van der Waals surface area contributed by atoms with Crippen LogP contribution in [-0.2, 0) is 22.3 Å². The summed E-state index contributed by atoms with van der Waals surface area (Å²) in [5.41, 5.74) is -1.28. The summed E-state index contributed by atoms with van der Waals surface area (Å²) in [6, 6.07) is 1.75. The largest absolute Gasteiger partial charge is 0.416 e. The third-order valence-electron chi connectivity index (χ3n) is 3.43. The Balaban J connectivity index is 2.06. The lowest BCUT2D eigenvalue weighted by molar-refractivity contribution is -0.139. The van der Waals surface area contributed by atoms with Crippen LogP contribution in [0.2, 0.25) is 0 Å². The van der Waals surface area contributed by atoms with Crippen LogP contribution in [0.1, 0.15) is 18.1 Å². The molecule has 0 unspecified atom stereocenters. The fourth-order valence-electron chi connectivity index (χ4n) is 2.29. The monoisotopic (exact) mass is 320 g/mol. The third kappa shape index (κ3) is 3.95. The van der Waals surface area contributed by atoms with Crippen LogP contribution < -0.4 is 10.6 Å². The van der Waals surface area contributed by atoms with E-state index in [4.69, 9.17) is 4.74 Å². The molecule has 0 aromatic heterocycles. The summed E-state index contributed by atoms with van der Waals surface area (Å²) in [5.74, 6) is -1.43. The normalized spacial score (nSPS) is 22.4. The second kappa shape index (κ2) is 6.62. The Morgan fingerprint density at radius 3 is 2.82 bits per heavy atom. The molecule has 1 aliphatic heterocycles. The minimum atomic E-state index is -4.68. The molecule has 1 aromatic rings. The molecule has 1 saturated heterocycles. The van der Waals surface area contributed by atoms with E-state index >= 15 is 0 Å². The van der Waals surface area contributed by atoms with Gasteiger partial charge in [0.1, 0.15) is 11.9 Å². The lowest BCUT2D eigenvalue weighted by atomic mass is 10.1. The molecule has 1 aliphatic rings. The Labute approximate surface area is 124 Å². The van der Waals surface area contributed by atoms with Crippen LogP contribution in [0.3, 0.4) is 0 Å². The van der Waals surface area contributed by atoms with Crippen LogP contribution in [0.15, 0.2) is 18.2 Å². The summed E-state index contributed by atoms with van der Waals surface area (Å²) in [7, 11) is 0. The predicted octanol–water partition coefficient (Wildman–Crippen LogP) is 1.84. The highest BCUT2D eigenvalue weighted by atomic mass is 19.4. The first-order chi connectivity index (χ1) is 10.3. The van der Waals surface area contributed by atoms with E-state index in [2.05, 4.69) is 10.6 Å². The molecule has 0 saturated carbocycles. The van der Waals surface area contributed by atoms with Gasteiger partial charge in [0.15, 0.2) is 0 Å². The third-order valence-corrected chi connectivity index (χ3v) is 3.43. The van der Waals surface area contributed by atoms with Gasteiger partial charge in [-0.2, -0.15) is 13.2 Å². The van der Waals surface area contributed by atoms with Crippen molar-refractivity contribution in [3.05, 3.63) is 35.1 Å². The zero-order chi connectivity index (χ0) is 16.3. The van der Waals surface area contributed by atoms with Crippen molar-refractivity contribution in [1.82, 2.24) is 10.6 Å². The molecular formula is C14H16F4N2O2. The Morgan fingerprint density at radius 2 is 2.18 bits per heavy atom. The maximum atomic E-state index is 13.0. The summed E-state index contributed by atoms with van der Waals surface area (Å²) in [6.07, 6.45) is -5.05. The highest BCUT2D eigenvalue weighted by Crippen LogP contribution is 2.32. The zero-order valence-electron chi connectivity index (χ0n) is 11.8. The smallest absolute Gasteiger partial charge is 0.375 e. The fourth-order valence-corrected chi connectivity index (χ4v) is 2.29. The number of benzene rings is 1. The Kier molecular flexibility index (Phi) is 5.02. The van der Waals surface area contributed by atoms with Gasteiger partial charge in [-0.3, -0.25) is 4.79 Å². The second-order valence-corrected chi connectivity index (χ2v) is 5.02. The number of hydrogen-bond acceptors (Lipinski definition) is 3. The van der Waals surface area contributed by atoms with Crippen molar-refractivity contribution in [3.8, 4) is 0 Å². The van der Waals surface area contributed by atoms with Crippen LogP contribution >= 0.6 is 0 Å². The van der Waals surface area contributed by atoms with Crippen LogP contribution in [0, 0.1) is 5.82 Å². The van der Waals surface area contributed by atoms with Gasteiger partial charge in [-0.15, -0.1) is 0 Å². The maximum absolute atomic E-state index is 13.0. The lowest BCUT2D eigenvalue weighted by Gasteiger charge is -2.29. The second-order valence-electron chi connectivity index (χ2n) is 5.02. The molecule has 0 bridgehead atoms. The summed E-state index contributed by atoms with van der Waals surface area (Å²) in [6.45, 7) is 2.34. The number of morpholine rings is 1. The minimum absolute atomic E-state index is 0.188. The van der Waals surface area contributed by atoms with Crippen LogP contribution in [0.4, 0.5) is 17.6 Å². The number of alkyl halides is 3. The molecule has 1 fully saturated rings. The molecule has 8 heteroatoms. The highest BCUT2D eigenvalue weighted by molar-refractivity contribution is 5.82.